The molecule has 8 nitrogen and oxygen atoms in total. The Bertz CT molecular complexity index is 308. The Hall–Kier alpha value is -1.67. The van der Waals surface area contributed by atoms with Crippen LogP contribution in [0.15, 0.2) is 0 Å². The molecule has 0 aromatic carbocycles. The van der Waals surface area contributed by atoms with E-state index in [1.54, 1.807) is 4.90 Å². The van der Waals surface area contributed by atoms with Gasteiger partial charge in [0.25, 0.3) is 0 Å². The van der Waals surface area contributed by atoms with Gasteiger partial charge in [-0.1, -0.05) is 0 Å². The number of nitrogens with one attached hydrogen (secondary N) is 1. The Balaban J connectivity index is 3.91. The SMILES string of the molecule is CC(=O)NCCN(CCOCC(=O)O)CCC(=O)O. The monoisotopic (exact) mass is 276 g/mol. The quantitative estimate of drug-likeness (QED) is 0.414. The van der Waals surface area contributed by atoms with Crippen LogP contribution in [0.1, 0.15) is 13.3 Å². The van der Waals surface area contributed by atoms with E-state index >= 15 is 0 Å². The largest absolute Gasteiger partial charge is 0.481 e. The second-order valence-electron chi connectivity index (χ2n) is 3.91. The van der Waals surface area contributed by atoms with Crippen molar-refractivity contribution < 1.29 is 29.3 Å². The number of amides is 1. The number of carboxylic acids is 2. The summed E-state index contributed by atoms with van der Waals surface area (Å²) >= 11 is 0. The van der Waals surface area contributed by atoms with Crippen LogP contribution < -0.4 is 5.32 Å². The summed E-state index contributed by atoms with van der Waals surface area (Å²) in [7, 11) is 0. The van der Waals surface area contributed by atoms with E-state index in [2.05, 4.69) is 5.32 Å². The van der Waals surface area contributed by atoms with Gasteiger partial charge in [0.1, 0.15) is 6.61 Å². The molecule has 0 heterocycles. The van der Waals surface area contributed by atoms with Gasteiger partial charge >= 0.3 is 11.9 Å². The number of ether oxygens (including phenoxy) is 1. The minimum Gasteiger partial charge on any atom is -0.481 e. The van der Waals surface area contributed by atoms with E-state index in [-0.39, 0.29) is 25.5 Å². The van der Waals surface area contributed by atoms with Crippen molar-refractivity contribution in [3.05, 3.63) is 0 Å². The van der Waals surface area contributed by atoms with E-state index in [1.807, 2.05) is 0 Å². The van der Waals surface area contributed by atoms with E-state index in [0.717, 1.165) is 0 Å². The number of hydrogen-bond donors (Lipinski definition) is 3. The second kappa shape index (κ2) is 10.3. The van der Waals surface area contributed by atoms with Gasteiger partial charge in [-0.25, -0.2) is 4.79 Å². The predicted molar refractivity (Wildman–Crippen MR) is 65.8 cm³/mol. The Morgan fingerprint density at radius 3 is 2.32 bits per heavy atom. The number of carboxylic acid groups (broad SMARTS) is 2. The highest BCUT2D eigenvalue weighted by Crippen LogP contribution is 1.92. The van der Waals surface area contributed by atoms with Crippen LogP contribution in [0.5, 0.6) is 0 Å². The lowest BCUT2D eigenvalue weighted by Crippen LogP contribution is -2.37. The number of carbonyl (C=O) groups excluding carboxylic acids is 1. The molecule has 0 saturated heterocycles. The van der Waals surface area contributed by atoms with Crippen LogP contribution in [0.3, 0.4) is 0 Å². The molecule has 0 aliphatic rings. The molecule has 19 heavy (non-hydrogen) atoms. The highest BCUT2D eigenvalue weighted by molar-refractivity contribution is 5.72. The molecule has 0 aromatic rings. The number of hydrogen-bond acceptors (Lipinski definition) is 5. The molecule has 0 bridgehead atoms. The van der Waals surface area contributed by atoms with Crippen molar-refractivity contribution >= 4 is 17.8 Å². The minimum absolute atomic E-state index is 0.0149. The van der Waals surface area contributed by atoms with Crippen LogP contribution in [-0.4, -0.2) is 72.4 Å². The summed E-state index contributed by atoms with van der Waals surface area (Å²) in [6.07, 6.45) is -0.0149. The van der Waals surface area contributed by atoms with Gasteiger partial charge in [0.15, 0.2) is 0 Å². The van der Waals surface area contributed by atoms with Crippen molar-refractivity contribution in [2.75, 3.05) is 39.4 Å². The Kier molecular flexibility index (Phi) is 9.37. The lowest BCUT2D eigenvalue weighted by atomic mass is 10.3. The summed E-state index contributed by atoms with van der Waals surface area (Å²) in [4.78, 5) is 33.3. The molecule has 0 unspecified atom stereocenters. The number of rotatable bonds is 11. The topological polar surface area (TPSA) is 116 Å². The third-order valence-corrected chi connectivity index (χ3v) is 2.22. The first-order valence-electron chi connectivity index (χ1n) is 5.90. The van der Waals surface area contributed by atoms with Gasteiger partial charge in [-0.2, -0.15) is 0 Å². The molecule has 0 aliphatic carbocycles. The van der Waals surface area contributed by atoms with Gasteiger partial charge < -0.3 is 20.3 Å². The highest BCUT2D eigenvalue weighted by Gasteiger charge is 2.08. The van der Waals surface area contributed by atoms with Gasteiger partial charge in [0, 0.05) is 33.1 Å². The van der Waals surface area contributed by atoms with Crippen LogP contribution >= 0.6 is 0 Å². The standard InChI is InChI=1S/C11H20N2O6/c1-9(14)12-3-5-13(4-2-10(15)16)6-7-19-8-11(17)18/h2-8H2,1H3,(H,12,14)(H,15,16)(H,17,18). The lowest BCUT2D eigenvalue weighted by molar-refractivity contribution is -0.142. The fraction of sp³-hybridized carbons (Fsp3) is 0.727. The maximum absolute atomic E-state index is 10.7. The summed E-state index contributed by atoms with van der Waals surface area (Å²) < 4.78 is 4.88. The molecule has 0 aromatic heterocycles. The smallest absolute Gasteiger partial charge is 0.329 e. The normalized spacial score (nSPS) is 10.4. The zero-order chi connectivity index (χ0) is 14.7. The Morgan fingerprint density at radius 1 is 1.11 bits per heavy atom. The van der Waals surface area contributed by atoms with Gasteiger partial charge in [-0.15, -0.1) is 0 Å². The van der Waals surface area contributed by atoms with E-state index in [1.165, 1.54) is 6.92 Å². The second-order valence-corrected chi connectivity index (χ2v) is 3.91. The zero-order valence-electron chi connectivity index (χ0n) is 10.9. The maximum Gasteiger partial charge on any atom is 0.329 e. The first-order chi connectivity index (χ1) is 8.91. The molecule has 0 saturated carbocycles. The maximum atomic E-state index is 10.7. The molecule has 0 radical (unpaired) electrons. The van der Waals surface area contributed by atoms with Crippen LogP contribution in [0.25, 0.3) is 0 Å². The fourth-order valence-corrected chi connectivity index (χ4v) is 1.33. The molecule has 0 spiro atoms. The van der Waals surface area contributed by atoms with Crippen molar-refractivity contribution in [2.45, 2.75) is 13.3 Å². The summed E-state index contributed by atoms with van der Waals surface area (Å²) in [5.74, 6) is -2.10. The van der Waals surface area contributed by atoms with E-state index < -0.39 is 11.9 Å². The Labute approximate surface area is 111 Å². The number of nitrogens with zero attached hydrogens (tertiary/aromatic N) is 1. The van der Waals surface area contributed by atoms with E-state index in [4.69, 9.17) is 14.9 Å². The molecule has 1 amide bonds. The molecule has 0 fully saturated rings. The van der Waals surface area contributed by atoms with Gasteiger partial charge in [-0.3, -0.25) is 14.5 Å². The molecule has 0 atom stereocenters. The van der Waals surface area contributed by atoms with Crippen LogP contribution in [0.2, 0.25) is 0 Å². The van der Waals surface area contributed by atoms with Crippen molar-refractivity contribution in [3.8, 4) is 0 Å². The minimum atomic E-state index is -1.05. The van der Waals surface area contributed by atoms with Crippen molar-refractivity contribution in [3.63, 3.8) is 0 Å². The van der Waals surface area contributed by atoms with Gasteiger partial charge in [-0.05, 0) is 0 Å². The zero-order valence-corrected chi connectivity index (χ0v) is 10.9. The average Bonchev–Trinajstić information content (AvgIpc) is 2.29. The van der Waals surface area contributed by atoms with Crippen molar-refractivity contribution in [1.29, 1.82) is 0 Å². The molecule has 8 heteroatoms. The summed E-state index contributed by atoms with van der Waals surface area (Å²) in [6, 6.07) is 0. The van der Waals surface area contributed by atoms with Crippen LogP contribution in [0, 0.1) is 0 Å². The van der Waals surface area contributed by atoms with Crippen molar-refractivity contribution in [1.82, 2.24) is 10.2 Å². The summed E-state index contributed by atoms with van der Waals surface area (Å²) in [5.41, 5.74) is 0. The molecular weight excluding hydrogens is 256 g/mol. The highest BCUT2D eigenvalue weighted by atomic mass is 16.5. The van der Waals surface area contributed by atoms with E-state index in [0.29, 0.717) is 26.2 Å². The first-order valence-corrected chi connectivity index (χ1v) is 5.90. The summed E-state index contributed by atoms with van der Waals surface area (Å²) in [5, 5.41) is 19.6. The molecule has 0 rings (SSSR count). The molecular formula is C11H20N2O6. The molecule has 110 valence electrons. The first kappa shape index (κ1) is 17.3. The van der Waals surface area contributed by atoms with Gasteiger partial charge in [0.05, 0.1) is 13.0 Å². The Morgan fingerprint density at radius 2 is 1.79 bits per heavy atom. The lowest BCUT2D eigenvalue weighted by Gasteiger charge is -2.21. The van der Waals surface area contributed by atoms with Crippen LogP contribution in [0.4, 0.5) is 0 Å². The predicted octanol–water partition coefficient (Wildman–Crippen LogP) is -1.000. The average molecular weight is 276 g/mol. The van der Waals surface area contributed by atoms with Gasteiger partial charge in [0.2, 0.25) is 5.91 Å². The molecule has 0 aliphatic heterocycles. The fourth-order valence-electron chi connectivity index (χ4n) is 1.33. The number of aliphatic carboxylic acids is 2. The third kappa shape index (κ3) is 12.6. The third-order valence-electron chi connectivity index (χ3n) is 2.22. The number of carbonyl (C=O) groups is 3. The van der Waals surface area contributed by atoms with Crippen molar-refractivity contribution in [2.24, 2.45) is 0 Å². The van der Waals surface area contributed by atoms with Crippen LogP contribution in [-0.2, 0) is 19.1 Å². The van der Waals surface area contributed by atoms with E-state index in [9.17, 15) is 14.4 Å². The summed E-state index contributed by atoms with van der Waals surface area (Å²) in [6.45, 7) is 2.87. The molecule has 3 N–H and O–H groups in total.